The first kappa shape index (κ1) is 16.8. The summed E-state index contributed by atoms with van der Waals surface area (Å²) in [5.41, 5.74) is 3.35. The molecule has 0 unspecified atom stereocenters. The van der Waals surface area contributed by atoms with Crippen molar-refractivity contribution >= 4 is 40.8 Å². The van der Waals surface area contributed by atoms with Gasteiger partial charge in [-0.1, -0.05) is 35.3 Å². The van der Waals surface area contributed by atoms with Crippen LogP contribution in [-0.2, 0) is 22.4 Å². The smallest absolute Gasteiger partial charge is 0.341 e. The molecule has 0 bridgehead atoms. The van der Waals surface area contributed by atoms with Crippen LogP contribution in [0.3, 0.4) is 0 Å². The number of benzene rings is 2. The van der Waals surface area contributed by atoms with Crippen molar-refractivity contribution in [2.24, 2.45) is 0 Å². The number of hydrogen-bond donors (Lipinski definition) is 1. The van der Waals surface area contributed by atoms with Gasteiger partial charge in [-0.25, -0.2) is 4.79 Å². The zero-order valence-corrected chi connectivity index (χ0v) is 14.3. The normalized spacial score (nSPS) is 12.6. The molecule has 1 amide bonds. The first-order valence-corrected chi connectivity index (χ1v) is 8.33. The highest BCUT2D eigenvalue weighted by molar-refractivity contribution is 6.39. The predicted molar refractivity (Wildman–Crippen MR) is 93.8 cm³/mol. The molecule has 2 aromatic rings. The van der Waals surface area contributed by atoms with Crippen LogP contribution in [0.5, 0.6) is 0 Å². The van der Waals surface area contributed by atoms with Crippen LogP contribution < -0.4 is 5.32 Å². The maximum absolute atomic E-state index is 12.0. The molecule has 124 valence electrons. The molecule has 0 saturated carbocycles. The van der Waals surface area contributed by atoms with Crippen molar-refractivity contribution in [3.8, 4) is 0 Å². The number of rotatable bonds is 4. The maximum atomic E-state index is 12.0. The lowest BCUT2D eigenvalue weighted by atomic mass is 10.1. The summed E-state index contributed by atoms with van der Waals surface area (Å²) >= 11 is 11.9. The lowest BCUT2D eigenvalue weighted by molar-refractivity contribution is -0.119. The number of anilines is 1. The minimum Gasteiger partial charge on any atom is -0.452 e. The third-order valence-electron chi connectivity index (χ3n) is 3.88. The average Bonchev–Trinajstić information content (AvgIpc) is 3.00. The number of ether oxygens (including phenoxy) is 1. The van der Waals surface area contributed by atoms with Gasteiger partial charge in [0.25, 0.3) is 5.91 Å². The van der Waals surface area contributed by atoms with Crippen molar-refractivity contribution in [3.63, 3.8) is 0 Å². The topological polar surface area (TPSA) is 55.4 Å². The van der Waals surface area contributed by atoms with Crippen molar-refractivity contribution < 1.29 is 14.3 Å². The van der Waals surface area contributed by atoms with Crippen molar-refractivity contribution in [3.05, 3.63) is 63.1 Å². The first-order valence-electron chi connectivity index (χ1n) is 7.57. The molecule has 0 spiro atoms. The molecule has 0 aliphatic heterocycles. The quantitative estimate of drug-likeness (QED) is 0.824. The molecule has 4 nitrogen and oxygen atoms in total. The molecular weight excluding hydrogens is 349 g/mol. The fourth-order valence-corrected chi connectivity index (χ4v) is 3.29. The fourth-order valence-electron chi connectivity index (χ4n) is 2.74. The SMILES string of the molecule is O=C(COC(=O)c1c(Cl)cccc1Cl)Nc1ccc2c(c1)CCC2. The molecule has 0 fully saturated rings. The molecule has 2 aromatic carbocycles. The lowest BCUT2D eigenvalue weighted by Crippen LogP contribution is -2.21. The minimum atomic E-state index is -0.727. The van der Waals surface area contributed by atoms with Crippen LogP contribution >= 0.6 is 23.2 Å². The Hall–Kier alpha value is -2.04. The molecule has 0 heterocycles. The number of carbonyl (C=O) groups excluding carboxylic acids is 2. The number of aryl methyl sites for hydroxylation is 2. The van der Waals surface area contributed by atoms with E-state index in [0.29, 0.717) is 5.69 Å². The molecule has 0 atom stereocenters. The molecule has 0 aromatic heterocycles. The van der Waals surface area contributed by atoms with Gasteiger partial charge in [-0.15, -0.1) is 0 Å². The second-order valence-electron chi connectivity index (χ2n) is 5.56. The van der Waals surface area contributed by atoms with E-state index in [1.807, 2.05) is 18.2 Å². The third-order valence-corrected chi connectivity index (χ3v) is 4.51. The minimum absolute atomic E-state index is 0.0613. The number of carbonyl (C=O) groups is 2. The van der Waals surface area contributed by atoms with Gasteiger partial charge in [0.1, 0.15) is 0 Å². The summed E-state index contributed by atoms with van der Waals surface area (Å²) in [4.78, 5) is 24.0. The number of nitrogens with one attached hydrogen (secondary N) is 1. The predicted octanol–water partition coefficient (Wildman–Crippen LogP) is 4.28. The summed E-state index contributed by atoms with van der Waals surface area (Å²) in [5, 5.41) is 3.10. The standard InChI is InChI=1S/C18H15Cl2NO3/c19-14-5-2-6-15(20)17(14)18(23)24-10-16(22)21-13-8-7-11-3-1-4-12(11)9-13/h2,5-9H,1,3-4,10H2,(H,21,22). The van der Waals surface area contributed by atoms with Crippen LogP contribution in [0.1, 0.15) is 27.9 Å². The van der Waals surface area contributed by atoms with Gasteiger partial charge >= 0.3 is 5.97 Å². The van der Waals surface area contributed by atoms with Crippen LogP contribution in [0, 0.1) is 0 Å². The van der Waals surface area contributed by atoms with Gasteiger partial charge in [-0.05, 0) is 54.7 Å². The summed E-state index contributed by atoms with van der Waals surface area (Å²) in [7, 11) is 0. The molecule has 3 rings (SSSR count). The van der Waals surface area contributed by atoms with Crippen molar-refractivity contribution in [1.29, 1.82) is 0 Å². The molecule has 0 saturated heterocycles. The molecule has 24 heavy (non-hydrogen) atoms. The highest BCUT2D eigenvalue weighted by Gasteiger charge is 2.17. The van der Waals surface area contributed by atoms with Gasteiger partial charge in [0.05, 0.1) is 15.6 Å². The monoisotopic (exact) mass is 363 g/mol. The second kappa shape index (κ2) is 7.24. The zero-order chi connectivity index (χ0) is 17.1. The third kappa shape index (κ3) is 3.71. The van der Waals surface area contributed by atoms with E-state index in [-0.39, 0.29) is 15.6 Å². The molecule has 1 aliphatic carbocycles. The van der Waals surface area contributed by atoms with E-state index in [4.69, 9.17) is 27.9 Å². The summed E-state index contributed by atoms with van der Waals surface area (Å²) in [6, 6.07) is 10.5. The Morgan fingerprint density at radius 1 is 1.04 bits per heavy atom. The van der Waals surface area contributed by atoms with Gasteiger partial charge in [0.2, 0.25) is 0 Å². The van der Waals surface area contributed by atoms with E-state index in [1.165, 1.54) is 23.3 Å². The van der Waals surface area contributed by atoms with Crippen LogP contribution in [0.4, 0.5) is 5.69 Å². The van der Waals surface area contributed by atoms with Gasteiger partial charge in [0, 0.05) is 5.69 Å². The zero-order valence-electron chi connectivity index (χ0n) is 12.8. The molecule has 6 heteroatoms. The van der Waals surface area contributed by atoms with Gasteiger partial charge in [-0.3, -0.25) is 4.79 Å². The average molecular weight is 364 g/mol. The highest BCUT2D eigenvalue weighted by atomic mass is 35.5. The largest absolute Gasteiger partial charge is 0.452 e. The van der Waals surface area contributed by atoms with E-state index in [0.717, 1.165) is 19.3 Å². The Bertz CT molecular complexity index is 785. The Labute approximate surface area is 149 Å². The molecular formula is C18H15Cl2NO3. The number of halogens is 2. The molecule has 1 aliphatic rings. The summed E-state index contributed by atoms with van der Waals surface area (Å²) in [5.74, 6) is -1.14. The van der Waals surface area contributed by atoms with Gasteiger partial charge < -0.3 is 10.1 Å². The highest BCUT2D eigenvalue weighted by Crippen LogP contribution is 2.26. The summed E-state index contributed by atoms with van der Waals surface area (Å²) in [6.07, 6.45) is 3.25. The van der Waals surface area contributed by atoms with Gasteiger partial charge in [0.15, 0.2) is 6.61 Å². The van der Waals surface area contributed by atoms with Crippen LogP contribution in [0.15, 0.2) is 36.4 Å². The van der Waals surface area contributed by atoms with E-state index >= 15 is 0 Å². The number of amides is 1. The van der Waals surface area contributed by atoms with Crippen molar-refractivity contribution in [2.75, 3.05) is 11.9 Å². The van der Waals surface area contributed by atoms with Gasteiger partial charge in [-0.2, -0.15) is 0 Å². The van der Waals surface area contributed by atoms with Crippen LogP contribution in [-0.4, -0.2) is 18.5 Å². The van der Waals surface area contributed by atoms with E-state index < -0.39 is 18.5 Å². The maximum Gasteiger partial charge on any atom is 0.341 e. The number of esters is 1. The molecule has 0 radical (unpaired) electrons. The fraction of sp³-hybridized carbons (Fsp3) is 0.222. The summed E-state index contributed by atoms with van der Waals surface area (Å²) < 4.78 is 5.00. The van der Waals surface area contributed by atoms with E-state index in [1.54, 1.807) is 6.07 Å². The lowest BCUT2D eigenvalue weighted by Gasteiger charge is -2.09. The number of fused-ring (bicyclic) bond motifs is 1. The Kier molecular flexibility index (Phi) is 5.07. The van der Waals surface area contributed by atoms with Crippen molar-refractivity contribution in [1.82, 2.24) is 0 Å². The van der Waals surface area contributed by atoms with Crippen LogP contribution in [0.2, 0.25) is 10.0 Å². The Balaban J connectivity index is 1.59. The Morgan fingerprint density at radius 3 is 2.50 bits per heavy atom. The van der Waals surface area contributed by atoms with E-state index in [2.05, 4.69) is 5.32 Å². The summed E-state index contributed by atoms with van der Waals surface area (Å²) in [6.45, 7) is -0.405. The van der Waals surface area contributed by atoms with Crippen LogP contribution in [0.25, 0.3) is 0 Å². The molecule has 1 N–H and O–H groups in total. The Morgan fingerprint density at radius 2 is 1.75 bits per heavy atom. The first-order chi connectivity index (χ1) is 11.5. The second-order valence-corrected chi connectivity index (χ2v) is 6.37. The van der Waals surface area contributed by atoms with Crippen molar-refractivity contribution in [2.45, 2.75) is 19.3 Å². The van der Waals surface area contributed by atoms with E-state index in [9.17, 15) is 9.59 Å². The number of hydrogen-bond acceptors (Lipinski definition) is 3.